The smallest absolute Gasteiger partial charge is 0.264 e. The zero-order valence-corrected chi connectivity index (χ0v) is 41.2. The molecule has 0 saturated heterocycles. The molecule has 3 aliphatic rings. The van der Waals surface area contributed by atoms with Gasteiger partial charge in [0.25, 0.3) is 40.5 Å². The Morgan fingerprint density at radius 1 is 0.636 bits per heavy atom. The molecule has 1 aliphatic carbocycles. The molecule has 1 unspecified atom stereocenters. The van der Waals surface area contributed by atoms with Gasteiger partial charge in [0, 0.05) is 35.5 Å². The van der Waals surface area contributed by atoms with E-state index in [1.807, 2.05) is 44.2 Å². The Labute approximate surface area is 389 Å². The highest BCUT2D eigenvalue weighted by molar-refractivity contribution is 7.86. The van der Waals surface area contributed by atoms with Crippen molar-refractivity contribution in [2.75, 3.05) is 54.5 Å². The van der Waals surface area contributed by atoms with Crippen LogP contribution in [-0.4, -0.2) is 128 Å². The van der Waals surface area contributed by atoms with Gasteiger partial charge in [-0.05, 0) is 138 Å². The van der Waals surface area contributed by atoms with E-state index in [0.717, 1.165) is 39.3 Å². The van der Waals surface area contributed by atoms with Crippen LogP contribution in [0.1, 0.15) is 101 Å². The van der Waals surface area contributed by atoms with Crippen molar-refractivity contribution in [2.24, 2.45) is 0 Å². The zero-order valence-electron chi connectivity index (χ0n) is 37.9. The molecule has 0 saturated carbocycles. The van der Waals surface area contributed by atoms with Crippen LogP contribution in [0.25, 0.3) is 0 Å². The van der Waals surface area contributed by atoms with Crippen molar-refractivity contribution in [2.45, 2.75) is 109 Å². The van der Waals surface area contributed by atoms with E-state index in [1.165, 1.54) is 0 Å². The number of aliphatic hydroxyl groups excluding tert-OH is 1. The molecule has 0 fully saturated rings. The number of carbonyl (C=O) groups is 1. The molecule has 2 heterocycles. The Morgan fingerprint density at radius 3 is 1.48 bits per heavy atom. The second kappa shape index (κ2) is 21.4. The van der Waals surface area contributed by atoms with E-state index < -0.39 is 51.3 Å². The third kappa shape index (κ3) is 15.2. The number of hydrogen-bond donors (Lipinski definition) is 7. The maximum Gasteiger partial charge on any atom is 0.264 e. The molecule has 0 bridgehead atoms. The van der Waals surface area contributed by atoms with Crippen LogP contribution in [0.15, 0.2) is 71.2 Å². The van der Waals surface area contributed by atoms with Crippen LogP contribution < -0.4 is 10.6 Å². The maximum absolute atomic E-state index is 13.7. The standard InChI is InChI=1S/C44H64N4O14S4/c1-43(2)35-25-31(29-47(17-5-9-21-63(51,52)53)18-6-10-22-64(54,55)56)13-15-37(35)45-39(43)27-33-41(49)34(42(33)50)28-40-44(3,4)36-26-32(14-16-38(36)46-40)30-48(19-7-11-23-65(57,58)59)20-8-12-24-66(60,61)62/h13-16,25-28,39,45-46,49H,5-12,17-24,29-30H2,1-4H3,(H,51,52,53)(H,54,55,56)(H,57,58,59)(H,60,61,62)/p+1. The molecule has 0 amide bonds. The van der Waals surface area contributed by atoms with E-state index in [4.69, 9.17) is 18.2 Å². The van der Waals surface area contributed by atoms with E-state index in [1.54, 1.807) is 6.08 Å². The van der Waals surface area contributed by atoms with Gasteiger partial charge in [-0.25, -0.2) is 0 Å². The van der Waals surface area contributed by atoms with Crippen LogP contribution in [0, 0.1) is 0 Å². The van der Waals surface area contributed by atoms with Gasteiger partial charge < -0.3 is 15.7 Å². The van der Waals surface area contributed by atoms with Crippen LogP contribution in [0.3, 0.4) is 0 Å². The minimum absolute atomic E-state index is 0.0973. The highest BCUT2D eigenvalue weighted by Crippen LogP contribution is 2.46. The fourth-order valence-corrected chi connectivity index (χ4v) is 11.1. The van der Waals surface area contributed by atoms with Gasteiger partial charge in [-0.2, -0.15) is 33.7 Å². The number of fused-ring (bicyclic) bond motifs is 2. The summed E-state index contributed by atoms with van der Waals surface area (Å²) >= 11 is 0. The number of Topliss-reactive ketones (excluding diaryl/α,β-unsaturated/α-hetero) is 1. The molecule has 2 aromatic rings. The summed E-state index contributed by atoms with van der Waals surface area (Å²) in [4.78, 5) is 17.9. The van der Waals surface area contributed by atoms with Gasteiger partial charge in [0.2, 0.25) is 0 Å². The third-order valence-electron chi connectivity index (χ3n) is 12.7. The lowest BCUT2D eigenvalue weighted by Crippen LogP contribution is -2.84. The van der Waals surface area contributed by atoms with E-state index in [9.17, 15) is 43.6 Å². The van der Waals surface area contributed by atoms with Crippen LogP contribution in [0.5, 0.6) is 0 Å². The number of rotatable bonds is 26. The number of nitrogens with two attached hydrogens (primary N) is 1. The Kier molecular flexibility index (Phi) is 17.3. The molecule has 22 heteroatoms. The Morgan fingerprint density at radius 2 is 1.06 bits per heavy atom. The SMILES string of the molecule is CC1(C)C(=CC2=C(O)C(=CC3[NH2+]c4ccc(CN(CCCCS(=O)(=O)O)CCCCS(=O)(=O)O)cc4C3(C)C)C2=O)Nc2ccc(CN(CCCCS(=O)(=O)O)CCCCS(=O)(=O)O)cc21. The summed E-state index contributed by atoms with van der Waals surface area (Å²) in [5, 5.41) is 16.8. The van der Waals surface area contributed by atoms with Gasteiger partial charge in [0.05, 0.1) is 39.6 Å². The van der Waals surface area contributed by atoms with Crippen LogP contribution >= 0.6 is 0 Å². The maximum atomic E-state index is 13.7. The topological polar surface area (TPSA) is 290 Å². The van der Waals surface area contributed by atoms with Gasteiger partial charge in [-0.3, -0.25) is 32.8 Å². The molecule has 0 spiro atoms. The van der Waals surface area contributed by atoms with Gasteiger partial charge in [-0.15, -0.1) is 0 Å². The van der Waals surface area contributed by atoms with Crippen LogP contribution in [-0.2, 0) is 69.2 Å². The Hall–Kier alpha value is -3.55. The van der Waals surface area contributed by atoms with Crippen molar-refractivity contribution < 1.29 is 67.1 Å². The largest absolute Gasteiger partial charge is 0.506 e. The van der Waals surface area contributed by atoms with Gasteiger partial charge in [0.15, 0.2) is 5.78 Å². The summed E-state index contributed by atoms with van der Waals surface area (Å²) in [6.07, 6.45) is 6.45. The molecular formula is C44H65N4O14S4+. The van der Waals surface area contributed by atoms with Crippen molar-refractivity contribution in [1.29, 1.82) is 0 Å². The molecule has 2 aromatic carbocycles. The van der Waals surface area contributed by atoms with Gasteiger partial charge in [-0.1, -0.05) is 32.0 Å². The van der Waals surface area contributed by atoms with Crippen molar-refractivity contribution in [3.63, 3.8) is 0 Å². The van der Waals surface area contributed by atoms with E-state index >= 15 is 0 Å². The first-order valence-electron chi connectivity index (χ1n) is 22.1. The first kappa shape index (κ1) is 53.4. The minimum atomic E-state index is -4.10. The molecule has 18 nitrogen and oxygen atoms in total. The number of benzene rings is 2. The van der Waals surface area contributed by atoms with Crippen LogP contribution in [0.2, 0.25) is 0 Å². The number of quaternary nitrogens is 1. The molecule has 0 aromatic heterocycles. The number of allylic oxidation sites excluding steroid dienone is 4. The van der Waals surface area contributed by atoms with Crippen molar-refractivity contribution in [1.82, 2.24) is 9.80 Å². The Balaban J connectivity index is 1.27. The van der Waals surface area contributed by atoms with Crippen molar-refractivity contribution in [3.8, 4) is 0 Å². The summed E-state index contributed by atoms with van der Waals surface area (Å²) < 4.78 is 127. The predicted octanol–water partition coefficient (Wildman–Crippen LogP) is 4.43. The number of hydrogen-bond acceptors (Lipinski definition) is 13. The number of ketones is 1. The zero-order chi connectivity index (χ0) is 48.9. The summed E-state index contributed by atoms with van der Waals surface area (Å²) in [5.74, 6) is -1.82. The van der Waals surface area contributed by atoms with Crippen LogP contribution in [0.4, 0.5) is 11.4 Å². The predicted molar refractivity (Wildman–Crippen MR) is 252 cm³/mol. The summed E-state index contributed by atoms with van der Waals surface area (Å²) in [5.41, 5.74) is 5.83. The second-order valence-corrected chi connectivity index (χ2v) is 25.0. The number of nitrogens with one attached hydrogen (secondary N) is 1. The monoisotopic (exact) mass is 1000 g/mol. The average molecular weight is 1000 g/mol. The fourth-order valence-electron chi connectivity index (χ4n) is 8.81. The summed E-state index contributed by atoms with van der Waals surface area (Å²) in [6.45, 7) is 11.1. The van der Waals surface area contributed by atoms with Crippen molar-refractivity contribution >= 4 is 57.6 Å². The normalized spacial score (nSPS) is 19.5. The molecule has 66 heavy (non-hydrogen) atoms. The highest BCUT2D eigenvalue weighted by Gasteiger charge is 2.45. The number of anilines is 1. The first-order chi connectivity index (χ1) is 30.5. The van der Waals surface area contributed by atoms with E-state index in [0.29, 0.717) is 65.0 Å². The molecule has 368 valence electrons. The van der Waals surface area contributed by atoms with E-state index in [2.05, 4.69) is 46.4 Å². The molecular weight excluding hydrogens is 937 g/mol. The van der Waals surface area contributed by atoms with Crippen molar-refractivity contribution in [3.05, 3.63) is 93.4 Å². The first-order valence-corrected chi connectivity index (χ1v) is 28.5. The molecule has 8 N–H and O–H groups in total. The average Bonchev–Trinajstić information content (AvgIpc) is 3.60. The Bertz CT molecular complexity index is 2600. The number of unbranched alkanes of at least 4 members (excludes halogenated alkanes) is 4. The molecule has 0 radical (unpaired) electrons. The lowest BCUT2D eigenvalue weighted by Gasteiger charge is -2.27. The molecule has 2 aliphatic heterocycles. The molecule has 1 atom stereocenters. The third-order valence-corrected chi connectivity index (χ3v) is 15.9. The lowest BCUT2D eigenvalue weighted by atomic mass is 9.76. The minimum Gasteiger partial charge on any atom is -0.506 e. The van der Waals surface area contributed by atoms with E-state index in [-0.39, 0.29) is 77.4 Å². The van der Waals surface area contributed by atoms with Gasteiger partial charge >= 0.3 is 0 Å². The molecule has 5 rings (SSSR count). The summed E-state index contributed by atoms with van der Waals surface area (Å²) in [6, 6.07) is 11.8. The number of nitrogens with zero attached hydrogens (tertiary/aromatic N) is 2. The lowest BCUT2D eigenvalue weighted by molar-refractivity contribution is -0.596. The fraction of sp³-hybridized carbons (Fsp3) is 0.568. The highest BCUT2D eigenvalue weighted by atomic mass is 32.2. The van der Waals surface area contributed by atoms with Gasteiger partial charge in [0.1, 0.15) is 17.5 Å². The quantitative estimate of drug-likeness (QED) is 0.0297. The number of carbonyl (C=O) groups excluding carboxylic acids is 1. The number of aliphatic hydroxyl groups is 1. The second-order valence-electron chi connectivity index (χ2n) is 18.7. The summed E-state index contributed by atoms with van der Waals surface area (Å²) in [7, 11) is -16.4.